The Morgan fingerprint density at radius 1 is 1.00 bits per heavy atom. The number of rotatable bonds is 5. The van der Waals surface area contributed by atoms with Gasteiger partial charge in [-0.1, -0.05) is 6.07 Å². The third-order valence-electron chi connectivity index (χ3n) is 5.02. The Balaban J connectivity index is 1.48. The van der Waals surface area contributed by atoms with E-state index >= 15 is 0 Å². The molecular weight excluding hydrogens is 416 g/mol. The fraction of sp³-hybridized carbons (Fsp3) is 0.130. The molecule has 0 aliphatic heterocycles. The van der Waals surface area contributed by atoms with E-state index in [1.165, 1.54) is 12.4 Å². The maximum Gasteiger partial charge on any atom is 0.261 e. The number of aryl methyl sites for hydroxylation is 1. The van der Waals surface area contributed by atoms with Gasteiger partial charge in [0.1, 0.15) is 29.3 Å². The van der Waals surface area contributed by atoms with Crippen molar-refractivity contribution in [3.63, 3.8) is 0 Å². The average molecular weight is 435 g/mol. The van der Waals surface area contributed by atoms with Gasteiger partial charge in [0.25, 0.3) is 5.91 Å². The molecule has 7 nitrogen and oxygen atoms in total. The van der Waals surface area contributed by atoms with Gasteiger partial charge in [-0.15, -0.1) is 0 Å². The Kier molecular flexibility index (Phi) is 5.63. The molecule has 0 radical (unpaired) electrons. The van der Waals surface area contributed by atoms with Crippen LogP contribution in [0.3, 0.4) is 0 Å². The van der Waals surface area contributed by atoms with Crippen LogP contribution in [-0.4, -0.2) is 25.7 Å². The molecule has 2 heterocycles. The van der Waals surface area contributed by atoms with Crippen molar-refractivity contribution in [2.45, 2.75) is 20.8 Å². The molecule has 4 rings (SSSR count). The van der Waals surface area contributed by atoms with Gasteiger partial charge in [0, 0.05) is 17.4 Å². The van der Waals surface area contributed by atoms with Crippen LogP contribution in [0.4, 0.5) is 14.5 Å². The summed E-state index contributed by atoms with van der Waals surface area (Å²) in [7, 11) is 0. The zero-order valence-electron chi connectivity index (χ0n) is 17.6. The monoisotopic (exact) mass is 435 g/mol. The minimum absolute atomic E-state index is 0.311. The summed E-state index contributed by atoms with van der Waals surface area (Å²) < 4.78 is 35.0. The number of hydrogen-bond donors (Lipinski definition) is 1. The maximum atomic E-state index is 13.8. The van der Waals surface area contributed by atoms with E-state index in [0.29, 0.717) is 23.1 Å². The van der Waals surface area contributed by atoms with E-state index in [1.54, 1.807) is 35.0 Å². The Hall–Kier alpha value is -4.14. The van der Waals surface area contributed by atoms with Crippen LogP contribution in [-0.2, 0) is 0 Å². The summed E-state index contributed by atoms with van der Waals surface area (Å²) in [5, 5.41) is 6.95. The number of anilines is 1. The number of carbonyl (C=O) groups is 1. The second-order valence-corrected chi connectivity index (χ2v) is 7.10. The highest BCUT2D eigenvalue weighted by Gasteiger charge is 2.17. The fourth-order valence-corrected chi connectivity index (χ4v) is 3.08. The van der Waals surface area contributed by atoms with Crippen LogP contribution in [0.25, 0.3) is 5.82 Å². The smallest absolute Gasteiger partial charge is 0.261 e. The van der Waals surface area contributed by atoms with E-state index < -0.39 is 23.1 Å². The number of carbonyl (C=O) groups excluding carboxylic acids is 1. The largest absolute Gasteiger partial charge is 0.439 e. The van der Waals surface area contributed by atoms with Gasteiger partial charge >= 0.3 is 0 Å². The molecule has 4 aromatic rings. The SMILES string of the molecule is Cc1nn(-c2cc(Oc3ccc(NC(=O)c4c(F)cccc4F)cc3)ncn2)c(C)c1C. The molecular formula is C23H19F2N5O2. The van der Waals surface area contributed by atoms with Crippen molar-refractivity contribution < 1.29 is 18.3 Å². The van der Waals surface area contributed by atoms with Crippen molar-refractivity contribution >= 4 is 11.6 Å². The molecule has 2 aromatic carbocycles. The predicted molar refractivity (Wildman–Crippen MR) is 114 cm³/mol. The van der Waals surface area contributed by atoms with E-state index in [0.717, 1.165) is 29.1 Å². The van der Waals surface area contributed by atoms with Crippen LogP contribution >= 0.6 is 0 Å². The fourth-order valence-electron chi connectivity index (χ4n) is 3.08. The third kappa shape index (κ3) is 4.18. The summed E-state index contributed by atoms with van der Waals surface area (Å²) >= 11 is 0. The highest BCUT2D eigenvalue weighted by atomic mass is 19.1. The van der Waals surface area contributed by atoms with Gasteiger partial charge in [0.2, 0.25) is 5.88 Å². The highest BCUT2D eigenvalue weighted by Crippen LogP contribution is 2.24. The van der Waals surface area contributed by atoms with E-state index in [1.807, 2.05) is 20.8 Å². The van der Waals surface area contributed by atoms with E-state index in [-0.39, 0.29) is 0 Å². The lowest BCUT2D eigenvalue weighted by atomic mass is 10.2. The van der Waals surface area contributed by atoms with Gasteiger partial charge < -0.3 is 10.1 Å². The molecule has 1 N–H and O–H groups in total. The summed E-state index contributed by atoms with van der Waals surface area (Å²) in [5.74, 6) is -1.41. The number of ether oxygens (including phenoxy) is 1. The third-order valence-corrected chi connectivity index (χ3v) is 5.02. The Bertz CT molecular complexity index is 1280. The van der Waals surface area contributed by atoms with E-state index in [9.17, 15) is 13.6 Å². The molecule has 0 fully saturated rings. The van der Waals surface area contributed by atoms with Crippen LogP contribution in [0.5, 0.6) is 11.6 Å². The van der Waals surface area contributed by atoms with Crippen molar-refractivity contribution in [2.24, 2.45) is 0 Å². The number of nitrogens with zero attached hydrogens (tertiary/aromatic N) is 4. The molecule has 32 heavy (non-hydrogen) atoms. The quantitative estimate of drug-likeness (QED) is 0.482. The normalized spacial score (nSPS) is 10.8. The molecule has 1 amide bonds. The molecule has 2 aromatic heterocycles. The molecule has 162 valence electrons. The highest BCUT2D eigenvalue weighted by molar-refractivity contribution is 6.04. The molecule has 0 spiro atoms. The van der Waals surface area contributed by atoms with Crippen molar-refractivity contribution in [1.82, 2.24) is 19.7 Å². The summed E-state index contributed by atoms with van der Waals surface area (Å²) in [6, 6.07) is 11.2. The Morgan fingerprint density at radius 2 is 1.69 bits per heavy atom. The molecule has 0 atom stereocenters. The first-order valence-corrected chi connectivity index (χ1v) is 9.72. The number of halogens is 2. The lowest BCUT2D eigenvalue weighted by Crippen LogP contribution is -2.15. The van der Waals surface area contributed by atoms with Gasteiger partial charge in [0.05, 0.1) is 5.69 Å². The second kappa shape index (κ2) is 8.54. The summed E-state index contributed by atoms with van der Waals surface area (Å²) in [5.41, 5.74) is 2.68. The Labute approximate surface area is 182 Å². The first-order valence-electron chi connectivity index (χ1n) is 9.72. The number of nitrogens with one attached hydrogen (secondary N) is 1. The molecule has 0 bridgehead atoms. The van der Waals surface area contributed by atoms with Crippen LogP contribution in [0.15, 0.2) is 54.9 Å². The number of hydrogen-bond acceptors (Lipinski definition) is 5. The lowest BCUT2D eigenvalue weighted by molar-refractivity contribution is 0.101. The van der Waals surface area contributed by atoms with Crippen LogP contribution in [0.2, 0.25) is 0 Å². The topological polar surface area (TPSA) is 81.9 Å². The molecule has 0 saturated carbocycles. The van der Waals surface area contributed by atoms with Gasteiger partial charge in [-0.05, 0) is 62.7 Å². The molecule has 0 aliphatic carbocycles. The molecule has 0 unspecified atom stereocenters. The lowest BCUT2D eigenvalue weighted by Gasteiger charge is -2.09. The molecule has 9 heteroatoms. The average Bonchev–Trinajstić information content (AvgIpc) is 3.02. The summed E-state index contributed by atoms with van der Waals surface area (Å²) in [6.45, 7) is 5.88. The molecule has 0 aliphatic rings. The number of benzene rings is 2. The van der Waals surface area contributed by atoms with Gasteiger partial charge in [-0.3, -0.25) is 4.79 Å². The van der Waals surface area contributed by atoms with Gasteiger partial charge in [-0.2, -0.15) is 5.10 Å². The summed E-state index contributed by atoms with van der Waals surface area (Å²) in [6.07, 6.45) is 1.38. The maximum absolute atomic E-state index is 13.8. The predicted octanol–water partition coefficient (Wildman–Crippen LogP) is 4.91. The minimum atomic E-state index is -0.931. The van der Waals surface area contributed by atoms with Crippen molar-refractivity contribution in [1.29, 1.82) is 0 Å². The van der Waals surface area contributed by atoms with Crippen molar-refractivity contribution in [3.05, 3.63) is 89.0 Å². The van der Waals surface area contributed by atoms with E-state index in [2.05, 4.69) is 20.4 Å². The Morgan fingerprint density at radius 3 is 2.31 bits per heavy atom. The first-order chi connectivity index (χ1) is 15.3. The van der Waals surface area contributed by atoms with E-state index in [4.69, 9.17) is 4.74 Å². The van der Waals surface area contributed by atoms with Crippen LogP contribution < -0.4 is 10.1 Å². The molecule has 0 saturated heterocycles. The standard InChI is InChI=1S/C23H19F2N5O2/c1-13-14(2)29-30(15(13)3)20-11-21(27-12-26-20)32-17-9-7-16(8-10-17)28-23(31)22-18(24)5-4-6-19(22)25/h4-12H,1-3H3,(H,28,31). The zero-order valence-corrected chi connectivity index (χ0v) is 17.6. The zero-order chi connectivity index (χ0) is 22.8. The van der Waals surface area contributed by atoms with Crippen molar-refractivity contribution in [3.8, 4) is 17.4 Å². The van der Waals surface area contributed by atoms with Gasteiger partial charge in [0.15, 0.2) is 5.82 Å². The van der Waals surface area contributed by atoms with Gasteiger partial charge in [-0.25, -0.2) is 23.4 Å². The van der Waals surface area contributed by atoms with Crippen LogP contribution in [0, 0.1) is 32.4 Å². The van der Waals surface area contributed by atoms with Crippen LogP contribution in [0.1, 0.15) is 27.3 Å². The number of aromatic nitrogens is 4. The minimum Gasteiger partial charge on any atom is -0.439 e. The number of amides is 1. The summed E-state index contributed by atoms with van der Waals surface area (Å²) in [4.78, 5) is 20.6. The second-order valence-electron chi connectivity index (χ2n) is 7.10. The van der Waals surface area contributed by atoms with Crippen molar-refractivity contribution in [2.75, 3.05) is 5.32 Å². The first kappa shape index (κ1) is 21.1.